The van der Waals surface area contributed by atoms with Gasteiger partial charge in [-0.05, 0) is 36.2 Å². The molecule has 0 radical (unpaired) electrons. The Morgan fingerprint density at radius 3 is 2.31 bits per heavy atom. The average Bonchev–Trinajstić information content (AvgIpc) is 3.01. The maximum Gasteiger partial charge on any atom is 0.00739 e. The smallest absolute Gasteiger partial charge is 0.00739 e. The van der Waals surface area contributed by atoms with Crippen molar-refractivity contribution in [3.8, 4) is 0 Å². The number of benzene rings is 1. The number of rotatable bonds is 2. The SMILES string of the molecule is N[C@@H]1C[C@@H]1[C@H]1C[C@@H]1c1ccccc1. The van der Waals surface area contributed by atoms with E-state index in [-0.39, 0.29) is 0 Å². The summed E-state index contributed by atoms with van der Waals surface area (Å²) in [5.74, 6) is 2.60. The van der Waals surface area contributed by atoms with Crippen molar-refractivity contribution in [1.82, 2.24) is 0 Å². The molecule has 2 N–H and O–H groups in total. The maximum absolute atomic E-state index is 5.85. The predicted octanol–water partition coefficient (Wildman–Crippen LogP) is 2.14. The first kappa shape index (κ1) is 7.57. The summed E-state index contributed by atoms with van der Waals surface area (Å²) in [4.78, 5) is 0. The van der Waals surface area contributed by atoms with Crippen LogP contribution in [-0.4, -0.2) is 6.04 Å². The van der Waals surface area contributed by atoms with Gasteiger partial charge in [0.2, 0.25) is 0 Å². The van der Waals surface area contributed by atoms with E-state index in [1.54, 1.807) is 0 Å². The fourth-order valence-corrected chi connectivity index (χ4v) is 2.50. The van der Waals surface area contributed by atoms with Crippen molar-refractivity contribution in [3.05, 3.63) is 35.9 Å². The summed E-state index contributed by atoms with van der Waals surface area (Å²) in [6.45, 7) is 0. The zero-order valence-corrected chi connectivity index (χ0v) is 7.69. The first-order valence-electron chi connectivity index (χ1n) is 5.17. The molecule has 1 aromatic rings. The fourth-order valence-electron chi connectivity index (χ4n) is 2.50. The average molecular weight is 173 g/mol. The molecule has 0 heterocycles. The highest BCUT2D eigenvalue weighted by Gasteiger charge is 2.52. The van der Waals surface area contributed by atoms with Crippen molar-refractivity contribution in [3.63, 3.8) is 0 Å². The highest BCUT2D eigenvalue weighted by molar-refractivity contribution is 5.27. The molecule has 0 amide bonds. The summed E-state index contributed by atoms with van der Waals surface area (Å²) in [5.41, 5.74) is 7.37. The van der Waals surface area contributed by atoms with Crippen LogP contribution in [0.2, 0.25) is 0 Å². The van der Waals surface area contributed by atoms with Gasteiger partial charge in [-0.15, -0.1) is 0 Å². The van der Waals surface area contributed by atoms with Gasteiger partial charge in [0.1, 0.15) is 0 Å². The van der Waals surface area contributed by atoms with E-state index in [9.17, 15) is 0 Å². The fraction of sp³-hybridized carbons (Fsp3) is 0.500. The van der Waals surface area contributed by atoms with Crippen molar-refractivity contribution < 1.29 is 0 Å². The molecule has 1 aromatic carbocycles. The van der Waals surface area contributed by atoms with E-state index in [1.165, 1.54) is 18.4 Å². The molecule has 2 aliphatic carbocycles. The van der Waals surface area contributed by atoms with Crippen LogP contribution in [0.5, 0.6) is 0 Å². The normalized spacial score (nSPS) is 41.6. The second kappa shape index (κ2) is 2.58. The van der Waals surface area contributed by atoms with Crippen LogP contribution in [0.1, 0.15) is 24.3 Å². The third-order valence-corrected chi connectivity index (χ3v) is 3.51. The van der Waals surface area contributed by atoms with Gasteiger partial charge in [-0.2, -0.15) is 0 Å². The summed E-state index contributed by atoms with van der Waals surface area (Å²) in [7, 11) is 0. The Kier molecular flexibility index (Phi) is 1.50. The number of nitrogens with two attached hydrogens (primary N) is 1. The van der Waals surface area contributed by atoms with Gasteiger partial charge in [-0.3, -0.25) is 0 Å². The summed E-state index contributed by atoms with van der Waals surface area (Å²) >= 11 is 0. The lowest BCUT2D eigenvalue weighted by Crippen LogP contribution is -2.03. The third kappa shape index (κ3) is 1.28. The van der Waals surface area contributed by atoms with E-state index in [0.29, 0.717) is 6.04 Å². The lowest BCUT2D eigenvalue weighted by Gasteiger charge is -1.98. The third-order valence-electron chi connectivity index (χ3n) is 3.51. The van der Waals surface area contributed by atoms with Crippen molar-refractivity contribution >= 4 is 0 Å². The van der Waals surface area contributed by atoms with E-state index >= 15 is 0 Å². The zero-order chi connectivity index (χ0) is 8.84. The van der Waals surface area contributed by atoms with Gasteiger partial charge in [0.05, 0.1) is 0 Å². The molecule has 0 spiro atoms. The minimum Gasteiger partial charge on any atom is -0.327 e. The van der Waals surface area contributed by atoms with E-state index in [0.717, 1.165) is 17.8 Å². The Labute approximate surface area is 78.9 Å². The van der Waals surface area contributed by atoms with E-state index < -0.39 is 0 Å². The Morgan fingerprint density at radius 2 is 1.69 bits per heavy atom. The minimum absolute atomic E-state index is 0.527. The summed E-state index contributed by atoms with van der Waals surface area (Å²) < 4.78 is 0. The maximum atomic E-state index is 5.85. The van der Waals surface area contributed by atoms with Crippen molar-refractivity contribution in [2.75, 3.05) is 0 Å². The van der Waals surface area contributed by atoms with Gasteiger partial charge in [-0.1, -0.05) is 30.3 Å². The predicted molar refractivity (Wildman–Crippen MR) is 53.4 cm³/mol. The summed E-state index contributed by atoms with van der Waals surface area (Å²) in [5, 5.41) is 0. The number of hydrogen-bond donors (Lipinski definition) is 1. The molecular formula is C12H15N. The van der Waals surface area contributed by atoms with Crippen LogP contribution < -0.4 is 5.73 Å². The lowest BCUT2D eigenvalue weighted by atomic mass is 10.1. The molecule has 0 aromatic heterocycles. The molecule has 2 aliphatic rings. The van der Waals surface area contributed by atoms with Crippen molar-refractivity contribution in [1.29, 1.82) is 0 Å². The van der Waals surface area contributed by atoms with E-state index in [1.807, 2.05) is 0 Å². The molecule has 0 aliphatic heterocycles. The quantitative estimate of drug-likeness (QED) is 0.728. The largest absolute Gasteiger partial charge is 0.327 e. The van der Waals surface area contributed by atoms with Gasteiger partial charge >= 0.3 is 0 Å². The van der Waals surface area contributed by atoms with E-state index in [2.05, 4.69) is 30.3 Å². The summed E-state index contributed by atoms with van der Waals surface area (Å²) in [6, 6.07) is 11.4. The van der Waals surface area contributed by atoms with Crippen LogP contribution in [0.25, 0.3) is 0 Å². The minimum atomic E-state index is 0.527. The van der Waals surface area contributed by atoms with Gasteiger partial charge < -0.3 is 5.73 Å². The van der Waals surface area contributed by atoms with Crippen LogP contribution in [0.4, 0.5) is 0 Å². The molecule has 2 saturated carbocycles. The second-order valence-electron chi connectivity index (χ2n) is 4.48. The van der Waals surface area contributed by atoms with Crippen molar-refractivity contribution in [2.24, 2.45) is 17.6 Å². The second-order valence-corrected chi connectivity index (χ2v) is 4.48. The lowest BCUT2D eigenvalue weighted by molar-refractivity contribution is 0.664. The molecule has 13 heavy (non-hydrogen) atoms. The number of hydrogen-bond acceptors (Lipinski definition) is 1. The van der Waals surface area contributed by atoms with Crippen LogP contribution >= 0.6 is 0 Å². The van der Waals surface area contributed by atoms with Crippen LogP contribution in [0.3, 0.4) is 0 Å². The van der Waals surface area contributed by atoms with Gasteiger partial charge in [-0.25, -0.2) is 0 Å². The molecule has 0 bridgehead atoms. The van der Waals surface area contributed by atoms with Crippen LogP contribution in [-0.2, 0) is 0 Å². The Balaban J connectivity index is 1.71. The molecule has 0 unspecified atom stereocenters. The monoisotopic (exact) mass is 173 g/mol. The van der Waals surface area contributed by atoms with Crippen molar-refractivity contribution in [2.45, 2.75) is 24.8 Å². The molecule has 68 valence electrons. The molecular weight excluding hydrogens is 158 g/mol. The highest BCUT2D eigenvalue weighted by Crippen LogP contribution is 2.58. The van der Waals surface area contributed by atoms with Gasteiger partial charge in [0.15, 0.2) is 0 Å². The van der Waals surface area contributed by atoms with Gasteiger partial charge in [0.25, 0.3) is 0 Å². The zero-order valence-electron chi connectivity index (χ0n) is 7.69. The van der Waals surface area contributed by atoms with E-state index in [4.69, 9.17) is 5.73 Å². The standard InChI is InChI=1S/C12H15N/c13-12-7-11(12)10-6-9(10)8-4-2-1-3-5-8/h1-5,9-12H,6-7,13H2/t9-,10+,11-,12-/m1/s1. The highest BCUT2D eigenvalue weighted by atomic mass is 14.8. The first-order chi connectivity index (χ1) is 6.36. The molecule has 1 heteroatoms. The molecule has 3 rings (SSSR count). The topological polar surface area (TPSA) is 26.0 Å². The first-order valence-corrected chi connectivity index (χ1v) is 5.17. The van der Waals surface area contributed by atoms with Crippen LogP contribution in [0.15, 0.2) is 30.3 Å². The van der Waals surface area contributed by atoms with Gasteiger partial charge in [0, 0.05) is 6.04 Å². The molecule has 1 nitrogen and oxygen atoms in total. The molecule has 2 fully saturated rings. The molecule has 0 saturated heterocycles. The Hall–Kier alpha value is -0.820. The van der Waals surface area contributed by atoms with Crippen LogP contribution in [0, 0.1) is 11.8 Å². The molecule has 4 atom stereocenters. The summed E-state index contributed by atoms with van der Waals surface area (Å²) in [6.07, 6.45) is 2.65. The Morgan fingerprint density at radius 1 is 1.00 bits per heavy atom. The Bertz CT molecular complexity index is 306.